The third-order valence-corrected chi connectivity index (χ3v) is 8.39. The maximum absolute atomic E-state index is 14.1. The molecule has 2 aliphatic heterocycles. The van der Waals surface area contributed by atoms with Crippen molar-refractivity contribution in [2.24, 2.45) is 5.16 Å². The van der Waals surface area contributed by atoms with E-state index in [9.17, 15) is 13.6 Å². The predicted molar refractivity (Wildman–Crippen MR) is 139 cm³/mol. The van der Waals surface area contributed by atoms with Crippen molar-refractivity contribution in [2.45, 2.75) is 37.8 Å². The lowest BCUT2D eigenvalue weighted by Crippen LogP contribution is -2.39. The Balaban J connectivity index is 1.06. The molecule has 1 amide bonds. The molecule has 1 unspecified atom stereocenters. The number of imidazole rings is 1. The molecular weight excluding hydrogens is 564 g/mol. The van der Waals surface area contributed by atoms with E-state index in [0.717, 1.165) is 33.4 Å². The molecule has 0 N–H and O–H groups in total. The van der Waals surface area contributed by atoms with Crippen LogP contribution in [-0.2, 0) is 16.2 Å². The van der Waals surface area contributed by atoms with Crippen molar-refractivity contribution >= 4 is 49.9 Å². The van der Waals surface area contributed by atoms with Crippen LogP contribution in [0.5, 0.6) is 0 Å². The van der Waals surface area contributed by atoms with Gasteiger partial charge in [-0.3, -0.25) is 4.79 Å². The minimum atomic E-state index is -0.801. The van der Waals surface area contributed by atoms with Crippen LogP contribution >= 0.6 is 27.3 Å². The molecule has 1 atom stereocenters. The molecular formula is C26H22BrF2N5O2S. The number of carbonyl (C=O) groups is 1. The molecule has 0 radical (unpaired) electrons. The van der Waals surface area contributed by atoms with Gasteiger partial charge in [0.2, 0.25) is 5.91 Å². The highest BCUT2D eigenvalue weighted by Gasteiger charge is 2.31. The average Bonchev–Trinajstić information content (AvgIpc) is 3.64. The van der Waals surface area contributed by atoms with Crippen molar-refractivity contribution in [2.75, 3.05) is 13.1 Å². The summed E-state index contributed by atoms with van der Waals surface area (Å²) in [5, 5.41) is 6.96. The van der Waals surface area contributed by atoms with Gasteiger partial charge in [0.15, 0.2) is 6.10 Å². The van der Waals surface area contributed by atoms with Crippen LogP contribution in [0, 0.1) is 11.6 Å². The van der Waals surface area contributed by atoms with Crippen molar-refractivity contribution < 1.29 is 18.4 Å². The molecule has 0 bridgehead atoms. The second kappa shape index (κ2) is 9.94. The fourth-order valence-corrected chi connectivity index (χ4v) is 6.24. The monoisotopic (exact) mass is 585 g/mol. The van der Waals surface area contributed by atoms with Gasteiger partial charge in [0.05, 0.1) is 33.6 Å². The lowest BCUT2D eigenvalue weighted by Gasteiger charge is -2.31. The Labute approximate surface area is 223 Å². The van der Waals surface area contributed by atoms with Crippen LogP contribution in [0.1, 0.15) is 47.5 Å². The molecule has 1 fully saturated rings. The van der Waals surface area contributed by atoms with E-state index >= 15 is 0 Å². The number of carbonyl (C=O) groups excluding carboxylic acids is 1. The van der Waals surface area contributed by atoms with E-state index < -0.39 is 17.7 Å². The van der Waals surface area contributed by atoms with E-state index in [0.29, 0.717) is 24.5 Å². The van der Waals surface area contributed by atoms with Gasteiger partial charge in [-0.25, -0.2) is 18.7 Å². The van der Waals surface area contributed by atoms with Gasteiger partial charge in [0, 0.05) is 35.3 Å². The number of oxime groups is 1. The molecule has 6 rings (SSSR count). The number of amides is 1. The van der Waals surface area contributed by atoms with Gasteiger partial charge in [0.25, 0.3) is 0 Å². The normalized spacial score (nSPS) is 18.3. The molecule has 4 heterocycles. The fraction of sp³-hybridized carbons (Fsp3) is 0.308. The largest absolute Gasteiger partial charge is 0.387 e. The summed E-state index contributed by atoms with van der Waals surface area (Å²) >= 11 is 5.00. The van der Waals surface area contributed by atoms with Crippen LogP contribution in [0.3, 0.4) is 0 Å². The molecule has 4 aromatic rings. The fourth-order valence-electron chi connectivity index (χ4n) is 4.89. The summed E-state index contributed by atoms with van der Waals surface area (Å²) in [4.78, 5) is 29.4. The van der Waals surface area contributed by atoms with Crippen LogP contribution < -0.4 is 0 Å². The topological polar surface area (TPSA) is 72.6 Å². The number of halogens is 3. The molecule has 2 aromatic heterocycles. The van der Waals surface area contributed by atoms with Crippen LogP contribution in [-0.4, -0.2) is 44.1 Å². The third-order valence-electron chi connectivity index (χ3n) is 6.89. The van der Waals surface area contributed by atoms with Gasteiger partial charge in [-0.15, -0.1) is 11.3 Å². The number of piperidine rings is 1. The first-order chi connectivity index (χ1) is 18.0. The predicted octanol–water partition coefficient (Wildman–Crippen LogP) is 5.81. The third kappa shape index (κ3) is 4.77. The average molecular weight is 586 g/mol. The number of hydrogen-bond donors (Lipinski definition) is 0. The summed E-state index contributed by atoms with van der Waals surface area (Å²) in [6.45, 7) is 1.58. The van der Waals surface area contributed by atoms with E-state index in [4.69, 9.17) is 9.82 Å². The Morgan fingerprint density at radius 3 is 2.73 bits per heavy atom. The second-order valence-corrected chi connectivity index (χ2v) is 11.0. The highest BCUT2D eigenvalue weighted by atomic mass is 79.9. The first kappa shape index (κ1) is 24.2. The minimum Gasteiger partial charge on any atom is -0.387 e. The lowest BCUT2D eigenvalue weighted by atomic mass is 9.97. The van der Waals surface area contributed by atoms with Crippen molar-refractivity contribution in [3.05, 3.63) is 80.5 Å². The Morgan fingerprint density at radius 2 is 1.95 bits per heavy atom. The molecule has 190 valence electrons. The SMILES string of the molecule is O=C(Cn1cnc2cc(Br)ccc21)N1CCC(c2nc(C3=NOC(c4c(F)cccc4F)C3)cs2)CC1. The number of benzene rings is 2. The Kier molecular flexibility index (Phi) is 6.49. The van der Waals surface area contributed by atoms with E-state index in [1.807, 2.05) is 33.0 Å². The summed E-state index contributed by atoms with van der Waals surface area (Å²) in [6.07, 6.45) is 2.81. The van der Waals surface area contributed by atoms with Crippen molar-refractivity contribution in [3.63, 3.8) is 0 Å². The van der Waals surface area contributed by atoms with Crippen LogP contribution in [0.2, 0.25) is 0 Å². The van der Waals surface area contributed by atoms with Gasteiger partial charge in [-0.05, 0) is 43.2 Å². The molecule has 0 aliphatic carbocycles. The highest BCUT2D eigenvalue weighted by molar-refractivity contribution is 9.10. The molecule has 2 aromatic carbocycles. The maximum Gasteiger partial charge on any atom is 0.242 e. The summed E-state index contributed by atoms with van der Waals surface area (Å²) in [5.74, 6) is -0.964. The zero-order valence-electron chi connectivity index (χ0n) is 19.6. The number of hydrogen-bond acceptors (Lipinski definition) is 6. The van der Waals surface area contributed by atoms with E-state index in [1.54, 1.807) is 17.7 Å². The molecule has 37 heavy (non-hydrogen) atoms. The molecule has 11 heteroatoms. The Hall–Kier alpha value is -3.18. The summed E-state index contributed by atoms with van der Waals surface area (Å²) < 4.78 is 31.1. The van der Waals surface area contributed by atoms with Gasteiger partial charge in [0.1, 0.15) is 23.9 Å². The van der Waals surface area contributed by atoms with Crippen molar-refractivity contribution in [1.29, 1.82) is 0 Å². The number of likely N-dealkylation sites (tertiary alicyclic amines) is 1. The standard InChI is InChI=1S/C26H22BrF2N5O2S/c27-16-4-5-22-20(10-16)30-14-34(22)12-24(35)33-8-6-15(7-9-33)26-31-21(13-37-26)19-11-23(36-32-19)25-17(28)2-1-3-18(25)29/h1-5,10,13-15,23H,6-9,11-12H2. The zero-order valence-corrected chi connectivity index (χ0v) is 22.0. The quantitative estimate of drug-likeness (QED) is 0.296. The summed E-state index contributed by atoms with van der Waals surface area (Å²) in [6, 6.07) is 9.60. The van der Waals surface area contributed by atoms with Gasteiger partial charge < -0.3 is 14.3 Å². The van der Waals surface area contributed by atoms with Crippen LogP contribution in [0.4, 0.5) is 8.78 Å². The first-order valence-corrected chi connectivity index (χ1v) is 13.6. The van der Waals surface area contributed by atoms with Gasteiger partial charge in [-0.1, -0.05) is 27.2 Å². The molecule has 1 saturated heterocycles. The van der Waals surface area contributed by atoms with Crippen LogP contribution in [0.15, 0.2) is 57.7 Å². The minimum absolute atomic E-state index is 0.0735. The number of thiazole rings is 1. The summed E-state index contributed by atoms with van der Waals surface area (Å²) in [5.41, 5.74) is 2.94. The van der Waals surface area contributed by atoms with Crippen LogP contribution in [0.25, 0.3) is 11.0 Å². The number of fused-ring (bicyclic) bond motifs is 1. The summed E-state index contributed by atoms with van der Waals surface area (Å²) in [7, 11) is 0. The molecule has 0 spiro atoms. The number of rotatable bonds is 5. The molecule has 2 aliphatic rings. The van der Waals surface area contributed by atoms with E-state index in [-0.39, 0.29) is 30.4 Å². The van der Waals surface area contributed by atoms with E-state index in [1.165, 1.54) is 18.2 Å². The smallest absolute Gasteiger partial charge is 0.242 e. The lowest BCUT2D eigenvalue weighted by molar-refractivity contribution is -0.132. The van der Waals surface area contributed by atoms with Gasteiger partial charge in [-0.2, -0.15) is 0 Å². The molecule has 7 nitrogen and oxygen atoms in total. The number of aromatic nitrogens is 3. The maximum atomic E-state index is 14.1. The Bertz CT molecular complexity index is 1490. The second-order valence-electron chi connectivity index (χ2n) is 9.20. The van der Waals surface area contributed by atoms with Crippen molar-refractivity contribution in [1.82, 2.24) is 19.4 Å². The zero-order chi connectivity index (χ0) is 25.5. The van der Waals surface area contributed by atoms with E-state index in [2.05, 4.69) is 26.1 Å². The first-order valence-electron chi connectivity index (χ1n) is 12.0. The van der Waals surface area contributed by atoms with Gasteiger partial charge >= 0.3 is 0 Å². The van der Waals surface area contributed by atoms with Crippen molar-refractivity contribution in [3.8, 4) is 0 Å². The number of nitrogens with zero attached hydrogens (tertiary/aromatic N) is 5. The molecule has 0 saturated carbocycles. The Morgan fingerprint density at radius 1 is 1.16 bits per heavy atom. The highest BCUT2D eigenvalue weighted by Crippen LogP contribution is 2.35.